The number of ketones is 1. The minimum Gasteiger partial charge on any atom is -0.392 e. The maximum absolute atomic E-state index is 11.3. The van der Waals surface area contributed by atoms with Gasteiger partial charge in [0.25, 0.3) is 0 Å². The Balaban J connectivity index is 2.84. The molecule has 0 saturated heterocycles. The molecular weight excluding hydrogens is 140 g/mol. The molecule has 0 bridgehead atoms. The average molecular weight is 154 g/mol. The van der Waals surface area contributed by atoms with Crippen molar-refractivity contribution in [1.29, 1.82) is 0 Å². The van der Waals surface area contributed by atoms with Crippen LogP contribution < -0.4 is 0 Å². The van der Waals surface area contributed by atoms with E-state index in [1.807, 2.05) is 13.8 Å². The first-order valence-electron chi connectivity index (χ1n) is 4.00. The van der Waals surface area contributed by atoms with Gasteiger partial charge in [0.2, 0.25) is 0 Å². The van der Waals surface area contributed by atoms with Crippen LogP contribution in [0.5, 0.6) is 0 Å². The lowest BCUT2D eigenvalue weighted by Crippen LogP contribution is -2.05. The van der Waals surface area contributed by atoms with Crippen LogP contribution in [0.2, 0.25) is 0 Å². The molecule has 0 spiro atoms. The number of carbonyl (C=O) groups excluding carboxylic acids is 1. The number of aliphatic hydroxyl groups excluding tert-OH is 1. The van der Waals surface area contributed by atoms with Gasteiger partial charge in [-0.15, -0.1) is 0 Å². The van der Waals surface area contributed by atoms with Crippen LogP contribution in [0.15, 0.2) is 11.1 Å². The van der Waals surface area contributed by atoms with Crippen molar-refractivity contribution in [1.82, 2.24) is 0 Å². The molecule has 0 aromatic rings. The summed E-state index contributed by atoms with van der Waals surface area (Å²) in [7, 11) is 0. The van der Waals surface area contributed by atoms with Gasteiger partial charge < -0.3 is 5.11 Å². The van der Waals surface area contributed by atoms with Crippen molar-refractivity contribution in [3.8, 4) is 0 Å². The van der Waals surface area contributed by atoms with Crippen molar-refractivity contribution in [2.45, 2.75) is 26.7 Å². The number of hydrogen-bond donors (Lipinski definition) is 1. The normalized spacial score (nSPS) is 29.4. The SMILES string of the molecule is C/C(CO)=C1/CCC(C)C1=O. The van der Waals surface area contributed by atoms with E-state index in [2.05, 4.69) is 0 Å². The molecule has 1 fully saturated rings. The summed E-state index contributed by atoms with van der Waals surface area (Å²) in [6.45, 7) is 3.79. The standard InChI is InChI=1S/C9H14O2/c1-6-3-4-8(9(6)11)7(2)5-10/h6,10H,3-5H2,1-2H3/b8-7+. The highest BCUT2D eigenvalue weighted by atomic mass is 16.3. The van der Waals surface area contributed by atoms with Crippen LogP contribution in [-0.2, 0) is 4.79 Å². The fourth-order valence-corrected chi connectivity index (χ4v) is 1.43. The largest absolute Gasteiger partial charge is 0.392 e. The molecule has 2 heteroatoms. The second kappa shape index (κ2) is 3.18. The van der Waals surface area contributed by atoms with E-state index in [0.717, 1.165) is 24.0 Å². The predicted octanol–water partition coefficient (Wildman–Crippen LogP) is 1.29. The highest BCUT2D eigenvalue weighted by Crippen LogP contribution is 2.28. The molecule has 1 unspecified atom stereocenters. The van der Waals surface area contributed by atoms with E-state index in [0.29, 0.717) is 0 Å². The van der Waals surface area contributed by atoms with E-state index < -0.39 is 0 Å². The fraction of sp³-hybridized carbons (Fsp3) is 0.667. The van der Waals surface area contributed by atoms with E-state index in [9.17, 15) is 4.79 Å². The van der Waals surface area contributed by atoms with E-state index >= 15 is 0 Å². The summed E-state index contributed by atoms with van der Waals surface area (Å²) >= 11 is 0. The molecule has 1 saturated carbocycles. The van der Waals surface area contributed by atoms with Crippen molar-refractivity contribution in [3.05, 3.63) is 11.1 Å². The Morgan fingerprint density at radius 2 is 2.36 bits per heavy atom. The monoisotopic (exact) mass is 154 g/mol. The molecule has 0 aromatic carbocycles. The first-order valence-corrected chi connectivity index (χ1v) is 4.00. The zero-order valence-corrected chi connectivity index (χ0v) is 7.05. The number of hydrogen-bond acceptors (Lipinski definition) is 2. The molecular formula is C9H14O2. The Hall–Kier alpha value is -0.630. The number of aliphatic hydroxyl groups is 1. The lowest BCUT2D eigenvalue weighted by Gasteiger charge is -2.00. The molecule has 0 radical (unpaired) electrons. The van der Waals surface area contributed by atoms with Crippen molar-refractivity contribution in [2.75, 3.05) is 6.61 Å². The number of rotatable bonds is 1. The molecule has 0 heterocycles. The van der Waals surface area contributed by atoms with Gasteiger partial charge >= 0.3 is 0 Å². The van der Waals surface area contributed by atoms with E-state index in [1.165, 1.54) is 0 Å². The lowest BCUT2D eigenvalue weighted by molar-refractivity contribution is -0.117. The molecule has 1 aliphatic carbocycles. The molecule has 1 atom stereocenters. The molecule has 0 amide bonds. The Morgan fingerprint density at radius 1 is 1.73 bits per heavy atom. The van der Waals surface area contributed by atoms with Crippen molar-refractivity contribution in [3.63, 3.8) is 0 Å². The third kappa shape index (κ3) is 1.51. The Morgan fingerprint density at radius 3 is 2.73 bits per heavy atom. The molecule has 1 aliphatic rings. The quantitative estimate of drug-likeness (QED) is 0.578. The van der Waals surface area contributed by atoms with Gasteiger partial charge in [-0.2, -0.15) is 0 Å². The first-order chi connectivity index (χ1) is 5.16. The van der Waals surface area contributed by atoms with Crippen LogP contribution >= 0.6 is 0 Å². The maximum atomic E-state index is 11.3. The summed E-state index contributed by atoms with van der Waals surface area (Å²) < 4.78 is 0. The summed E-state index contributed by atoms with van der Waals surface area (Å²) in [5.74, 6) is 0.406. The fourth-order valence-electron chi connectivity index (χ4n) is 1.43. The Kier molecular flexibility index (Phi) is 2.45. The summed E-state index contributed by atoms with van der Waals surface area (Å²) in [5, 5.41) is 8.79. The van der Waals surface area contributed by atoms with E-state index in [1.54, 1.807) is 0 Å². The van der Waals surface area contributed by atoms with Crippen LogP contribution in [0.25, 0.3) is 0 Å². The molecule has 62 valence electrons. The van der Waals surface area contributed by atoms with Crippen molar-refractivity contribution in [2.24, 2.45) is 5.92 Å². The van der Waals surface area contributed by atoms with Gasteiger partial charge in [-0.05, 0) is 30.9 Å². The molecule has 11 heavy (non-hydrogen) atoms. The Bertz CT molecular complexity index is 204. The Labute approximate surface area is 66.9 Å². The van der Waals surface area contributed by atoms with Gasteiger partial charge in [-0.3, -0.25) is 4.79 Å². The highest BCUT2D eigenvalue weighted by molar-refractivity contribution is 5.99. The van der Waals surface area contributed by atoms with E-state index in [4.69, 9.17) is 5.11 Å². The van der Waals surface area contributed by atoms with Gasteiger partial charge in [-0.1, -0.05) is 6.92 Å². The molecule has 1 N–H and O–H groups in total. The number of allylic oxidation sites excluding steroid dienone is 1. The topological polar surface area (TPSA) is 37.3 Å². The van der Waals surface area contributed by atoms with Crippen LogP contribution in [0.1, 0.15) is 26.7 Å². The van der Waals surface area contributed by atoms with Crippen LogP contribution in [0.3, 0.4) is 0 Å². The zero-order valence-electron chi connectivity index (χ0n) is 7.05. The van der Waals surface area contributed by atoms with Gasteiger partial charge in [0, 0.05) is 5.92 Å². The van der Waals surface area contributed by atoms with Gasteiger partial charge in [0.05, 0.1) is 6.61 Å². The summed E-state index contributed by atoms with van der Waals surface area (Å²) in [6.07, 6.45) is 1.80. The molecule has 0 aliphatic heterocycles. The second-order valence-electron chi connectivity index (χ2n) is 3.22. The van der Waals surface area contributed by atoms with Crippen molar-refractivity contribution < 1.29 is 9.90 Å². The maximum Gasteiger partial charge on any atom is 0.161 e. The minimum absolute atomic E-state index is 0.0216. The third-order valence-corrected chi connectivity index (χ3v) is 2.32. The first kappa shape index (κ1) is 8.47. The van der Waals surface area contributed by atoms with Crippen molar-refractivity contribution >= 4 is 5.78 Å². The number of Topliss-reactive ketones (excluding diaryl/α,β-unsaturated/α-hetero) is 1. The summed E-state index contributed by atoms with van der Waals surface area (Å²) in [6, 6.07) is 0. The third-order valence-electron chi connectivity index (χ3n) is 2.32. The van der Waals surface area contributed by atoms with Gasteiger partial charge in [0.1, 0.15) is 0 Å². The molecule has 2 nitrogen and oxygen atoms in total. The second-order valence-corrected chi connectivity index (χ2v) is 3.22. The molecule has 0 aromatic heterocycles. The van der Waals surface area contributed by atoms with Gasteiger partial charge in [-0.25, -0.2) is 0 Å². The molecule has 1 rings (SSSR count). The lowest BCUT2D eigenvalue weighted by atomic mass is 10.1. The minimum atomic E-state index is 0.0216. The highest BCUT2D eigenvalue weighted by Gasteiger charge is 2.26. The smallest absolute Gasteiger partial charge is 0.161 e. The van der Waals surface area contributed by atoms with Crippen LogP contribution in [-0.4, -0.2) is 17.5 Å². The summed E-state index contributed by atoms with van der Waals surface area (Å²) in [4.78, 5) is 11.3. The van der Waals surface area contributed by atoms with Crippen LogP contribution in [0.4, 0.5) is 0 Å². The number of carbonyl (C=O) groups is 1. The van der Waals surface area contributed by atoms with E-state index in [-0.39, 0.29) is 18.3 Å². The zero-order chi connectivity index (χ0) is 8.43. The van der Waals surface area contributed by atoms with Crippen LogP contribution in [0, 0.1) is 5.92 Å². The predicted molar refractivity (Wildman–Crippen MR) is 43.2 cm³/mol. The average Bonchev–Trinajstić information content (AvgIpc) is 2.32. The van der Waals surface area contributed by atoms with Gasteiger partial charge in [0.15, 0.2) is 5.78 Å². The summed E-state index contributed by atoms with van der Waals surface area (Å²) in [5.41, 5.74) is 1.71.